The minimum Gasteiger partial charge on any atom is -0.292 e. The maximum absolute atomic E-state index is 5.53. The number of pyridine rings is 2. The summed E-state index contributed by atoms with van der Waals surface area (Å²) in [5.41, 5.74) is 19.0. The summed E-state index contributed by atoms with van der Waals surface area (Å²) < 4.78 is 14.7. The van der Waals surface area contributed by atoms with Gasteiger partial charge in [0.2, 0.25) is 11.9 Å². The fourth-order valence-electron chi connectivity index (χ4n) is 20.6. The number of hydrogen-bond acceptors (Lipinski definition) is 9. The lowest BCUT2D eigenvalue weighted by molar-refractivity contribution is 1.02. The molecular formula is C118H69N9S3. The molecule has 0 radical (unpaired) electrons. The second-order valence-electron chi connectivity index (χ2n) is 33.3. The van der Waals surface area contributed by atoms with Gasteiger partial charge in [0, 0.05) is 118 Å². The molecule has 12 heteroatoms. The minimum absolute atomic E-state index is 0.687. The second kappa shape index (κ2) is 29.6. The number of thiophene rings is 3. The third-order valence-electron chi connectivity index (χ3n) is 26.2. The summed E-state index contributed by atoms with van der Waals surface area (Å²) in [4.78, 5) is 31.7. The number of rotatable bonds is 7. The molecule has 10 heterocycles. The van der Waals surface area contributed by atoms with Gasteiger partial charge in [-0.15, -0.1) is 34.0 Å². The lowest BCUT2D eigenvalue weighted by Gasteiger charge is -2.15. The van der Waals surface area contributed by atoms with Crippen LogP contribution in [-0.2, 0) is 0 Å². The van der Waals surface area contributed by atoms with Crippen LogP contribution in [0.25, 0.3) is 264 Å². The highest BCUT2D eigenvalue weighted by Gasteiger charge is 2.29. The molecule has 29 rings (SSSR count). The third kappa shape index (κ3) is 11.3. The first-order chi connectivity index (χ1) is 64.5. The van der Waals surface area contributed by atoms with E-state index < -0.39 is 0 Å². The van der Waals surface area contributed by atoms with E-state index >= 15 is 0 Å². The van der Waals surface area contributed by atoms with Crippen LogP contribution < -0.4 is 0 Å². The van der Waals surface area contributed by atoms with Crippen LogP contribution in [0.4, 0.5) is 0 Å². The molecule has 29 aromatic rings. The molecule has 0 aliphatic carbocycles. The summed E-state index contributed by atoms with van der Waals surface area (Å²) in [5.74, 6) is 2.27. The van der Waals surface area contributed by atoms with E-state index in [0.717, 1.165) is 100.0 Å². The van der Waals surface area contributed by atoms with Gasteiger partial charge in [0.15, 0.2) is 0 Å². The highest BCUT2D eigenvalue weighted by Crippen LogP contribution is 2.53. The summed E-state index contributed by atoms with van der Waals surface area (Å²) >= 11 is 5.59. The van der Waals surface area contributed by atoms with Gasteiger partial charge in [-0.2, -0.15) is 0 Å². The summed E-state index contributed by atoms with van der Waals surface area (Å²) in [5, 5.41) is 27.4. The summed E-state index contributed by atoms with van der Waals surface area (Å²) in [6, 6.07) is 147. The minimum atomic E-state index is 0.687. The largest absolute Gasteiger partial charge is 0.292 e. The lowest BCUT2D eigenvalue weighted by Crippen LogP contribution is -2.03. The van der Waals surface area contributed by atoms with E-state index in [-0.39, 0.29) is 0 Å². The molecule has 0 aliphatic rings. The van der Waals surface area contributed by atoms with Gasteiger partial charge < -0.3 is 0 Å². The molecule has 0 fully saturated rings. The van der Waals surface area contributed by atoms with Gasteiger partial charge in [0.1, 0.15) is 5.82 Å². The second-order valence-corrected chi connectivity index (χ2v) is 36.5. The molecule has 130 heavy (non-hydrogen) atoms. The summed E-state index contributed by atoms with van der Waals surface area (Å²) in [7, 11) is 0. The van der Waals surface area contributed by atoms with Crippen molar-refractivity contribution < 1.29 is 0 Å². The Balaban J connectivity index is 0.000000101. The molecule has 0 aliphatic heterocycles. The van der Waals surface area contributed by atoms with E-state index in [1.165, 1.54) is 152 Å². The molecule has 9 nitrogen and oxygen atoms in total. The Kier molecular flexibility index (Phi) is 16.8. The van der Waals surface area contributed by atoms with E-state index in [9.17, 15) is 0 Å². The lowest BCUT2D eigenvalue weighted by atomic mass is 9.99. The zero-order valence-corrected chi connectivity index (χ0v) is 72.0. The molecule has 10 aromatic heterocycles. The molecule has 0 N–H and O–H groups in total. The zero-order chi connectivity index (χ0) is 85.2. The van der Waals surface area contributed by atoms with Crippen LogP contribution in [0.2, 0.25) is 0 Å². The molecule has 0 atom stereocenters. The highest BCUT2D eigenvalue weighted by molar-refractivity contribution is 7.28. The Bertz CT molecular complexity index is 9790. The number of nitrogens with zero attached hydrogens (tertiary/aromatic N) is 9. The highest BCUT2D eigenvalue weighted by atomic mass is 32.1. The van der Waals surface area contributed by atoms with E-state index in [1.807, 2.05) is 46.3 Å². The summed E-state index contributed by atoms with van der Waals surface area (Å²) in [6.07, 6.45) is 1.91. The van der Waals surface area contributed by atoms with Crippen LogP contribution in [0.1, 0.15) is 0 Å². The van der Waals surface area contributed by atoms with Crippen molar-refractivity contribution in [3.05, 3.63) is 419 Å². The van der Waals surface area contributed by atoms with E-state index in [0.29, 0.717) is 11.9 Å². The number of benzene rings is 19. The van der Waals surface area contributed by atoms with Crippen LogP contribution in [0.15, 0.2) is 419 Å². The molecule has 0 bridgehead atoms. The van der Waals surface area contributed by atoms with Crippen molar-refractivity contribution in [2.75, 3.05) is 0 Å². The van der Waals surface area contributed by atoms with Crippen molar-refractivity contribution in [2.24, 2.45) is 0 Å². The van der Waals surface area contributed by atoms with Crippen molar-refractivity contribution in [3.8, 4) is 62.5 Å². The van der Waals surface area contributed by atoms with E-state index in [1.54, 1.807) is 0 Å². The van der Waals surface area contributed by atoms with Crippen molar-refractivity contribution in [2.45, 2.75) is 0 Å². The molecule has 0 unspecified atom stereocenters. The van der Waals surface area contributed by atoms with Gasteiger partial charge in [-0.05, 0) is 121 Å². The van der Waals surface area contributed by atoms with Crippen molar-refractivity contribution in [1.82, 2.24) is 43.6 Å². The fourth-order valence-corrected chi connectivity index (χ4v) is 24.4. The van der Waals surface area contributed by atoms with Gasteiger partial charge in [-0.1, -0.05) is 346 Å². The SMILES string of the molecule is c1ccc(-c2cc(-n3c4ccccc4c4c5ccccc5c5c6ccccc6sc5c43)nc3c(-c4ccccc4)ccnc23)cc1.c1ccc(-c2nc(-n3c4ccccc4c4c5ccccc5c5c6ccccc6sc5c43)nc3ccccc23)cc1.c1ccc2cc(-c3nc(-n4c5ccccc5c5c6ccccc6c6c7ccccc7sc6c54)nc4ccccc34)ccc2c1. The Morgan fingerprint density at radius 1 is 0.208 bits per heavy atom. The first-order valence-electron chi connectivity index (χ1n) is 43.8. The first kappa shape index (κ1) is 73.8. The number of fused-ring (bicyclic) bond motifs is 34. The Hall–Kier alpha value is -16.5. The van der Waals surface area contributed by atoms with Gasteiger partial charge in [0.25, 0.3) is 0 Å². The van der Waals surface area contributed by atoms with Gasteiger partial charge in [-0.25, -0.2) is 24.9 Å². The third-order valence-corrected chi connectivity index (χ3v) is 29.7. The van der Waals surface area contributed by atoms with Gasteiger partial charge in [-0.3, -0.25) is 18.7 Å². The van der Waals surface area contributed by atoms with Crippen LogP contribution in [0.3, 0.4) is 0 Å². The quantitative estimate of drug-likeness (QED) is 0.158. The van der Waals surface area contributed by atoms with Crippen molar-refractivity contribution in [1.29, 1.82) is 0 Å². The fraction of sp³-hybridized carbons (Fsp3) is 0. The topological polar surface area (TPSA) is 92.1 Å². The zero-order valence-electron chi connectivity index (χ0n) is 69.6. The standard InChI is InChI=1S/C42H25N3S.C40H23N3S.C36H21N3S/c1-3-13-26(14-4-1)28-23-24-43-39-33(27-15-5-2-6-16-27)25-36(44-40(28)39)45-34-21-11-9-19-31(34)37-29-17-7-8-18-30(29)38-32-20-10-12-22-35(32)46-42(38)41(37)45;1-2-12-25-23-26(22-21-24(25)11-1)37-29-15-5-8-18-32(29)41-40(42-37)43-33-19-9-6-16-30(33)35-27-13-3-4-14-28(27)36-31-17-7-10-20-34(31)44-39(36)38(35)43;1-2-12-22(13-3-1)33-25-16-6-9-19-28(25)37-36(38-33)39-29-20-10-7-17-26(29)31-23-14-4-5-15-24(23)32-27-18-8-11-21-30(27)40-35(32)34(31)39/h1-25H;1-23H;1-21H. The van der Waals surface area contributed by atoms with Crippen molar-refractivity contribution in [3.63, 3.8) is 0 Å². The maximum atomic E-state index is 5.53. The Labute approximate surface area is 754 Å². The molecule has 604 valence electrons. The molecule has 0 spiro atoms. The smallest absolute Gasteiger partial charge is 0.235 e. The van der Waals surface area contributed by atoms with Gasteiger partial charge >= 0.3 is 0 Å². The number of hydrogen-bond donors (Lipinski definition) is 0. The molecule has 0 amide bonds. The summed E-state index contributed by atoms with van der Waals surface area (Å²) in [6.45, 7) is 0. The monoisotopic (exact) mass is 1710 g/mol. The Morgan fingerprint density at radius 2 is 0.546 bits per heavy atom. The predicted octanol–water partition coefficient (Wildman–Crippen LogP) is 32.6. The van der Waals surface area contributed by atoms with Crippen LogP contribution in [0, 0.1) is 0 Å². The van der Waals surface area contributed by atoms with E-state index in [2.05, 4.69) is 420 Å². The molecular weight excluding hydrogens is 1640 g/mol. The molecule has 0 saturated heterocycles. The average Bonchev–Trinajstić information content (AvgIpc) is 1.54. The van der Waals surface area contributed by atoms with E-state index in [4.69, 9.17) is 29.9 Å². The van der Waals surface area contributed by atoms with Gasteiger partial charge in [0.05, 0.1) is 80.7 Å². The average molecular weight is 1710 g/mol. The van der Waals surface area contributed by atoms with Crippen molar-refractivity contribution >= 4 is 236 Å². The molecule has 19 aromatic carbocycles. The predicted molar refractivity (Wildman–Crippen MR) is 552 cm³/mol. The van der Waals surface area contributed by atoms with Crippen LogP contribution >= 0.6 is 34.0 Å². The maximum Gasteiger partial charge on any atom is 0.235 e. The van der Waals surface area contributed by atoms with Crippen LogP contribution in [-0.4, -0.2) is 43.6 Å². The first-order valence-corrected chi connectivity index (χ1v) is 46.3. The Morgan fingerprint density at radius 3 is 1.00 bits per heavy atom. The number of para-hydroxylation sites is 5. The number of aromatic nitrogens is 9. The normalized spacial score (nSPS) is 12.0. The molecule has 0 saturated carbocycles. The van der Waals surface area contributed by atoms with Crippen LogP contribution in [0.5, 0.6) is 0 Å².